The molecule has 2 aliphatic rings. The molecule has 0 aromatic rings. The van der Waals surface area contributed by atoms with Gasteiger partial charge in [0.15, 0.2) is 0 Å². The number of nitrogens with zero attached hydrogens (tertiary/aromatic N) is 1. The van der Waals surface area contributed by atoms with E-state index in [1.165, 1.54) is 44.9 Å². The van der Waals surface area contributed by atoms with Gasteiger partial charge in [-0.25, -0.2) is 0 Å². The van der Waals surface area contributed by atoms with Gasteiger partial charge in [-0.2, -0.15) is 0 Å². The molecule has 2 amide bonds. The van der Waals surface area contributed by atoms with E-state index in [0.717, 1.165) is 6.42 Å². The largest absolute Gasteiger partial charge is 0.356 e. The Morgan fingerprint density at radius 3 is 2.14 bits per heavy atom. The molecule has 2 aliphatic carbocycles. The van der Waals surface area contributed by atoms with Gasteiger partial charge in [-0.3, -0.25) is 9.59 Å². The second-order valence-corrected chi connectivity index (χ2v) is 7.93. The Morgan fingerprint density at radius 2 is 1.59 bits per heavy atom. The summed E-state index contributed by atoms with van der Waals surface area (Å²) in [5, 5.41) is 2.93. The van der Waals surface area contributed by atoms with Crippen LogP contribution in [0.3, 0.4) is 0 Å². The van der Waals surface area contributed by atoms with Crippen LogP contribution in [0.25, 0.3) is 0 Å². The van der Waals surface area contributed by atoms with Gasteiger partial charge in [-0.1, -0.05) is 40.0 Å². The van der Waals surface area contributed by atoms with E-state index in [-0.39, 0.29) is 11.3 Å². The Bertz CT molecular complexity index is 390. The summed E-state index contributed by atoms with van der Waals surface area (Å²) >= 11 is 0. The molecule has 2 saturated carbocycles. The van der Waals surface area contributed by atoms with Crippen LogP contribution in [0, 0.1) is 5.41 Å². The third kappa shape index (κ3) is 4.99. The molecule has 0 spiro atoms. The molecule has 0 aromatic carbocycles. The Kier molecular flexibility index (Phi) is 5.87. The third-order valence-electron chi connectivity index (χ3n) is 4.73. The minimum absolute atomic E-state index is 0.0614. The molecule has 0 aromatic heterocycles. The monoisotopic (exact) mass is 308 g/mol. The van der Waals surface area contributed by atoms with Gasteiger partial charge >= 0.3 is 0 Å². The molecule has 0 unspecified atom stereocenters. The van der Waals surface area contributed by atoms with E-state index in [2.05, 4.69) is 10.2 Å². The lowest BCUT2D eigenvalue weighted by atomic mass is 9.93. The summed E-state index contributed by atoms with van der Waals surface area (Å²) in [6.45, 7) is 6.33. The van der Waals surface area contributed by atoms with Crippen LogP contribution in [0.1, 0.15) is 78.6 Å². The SMILES string of the molecule is CC(C)(C)C(=O)NCCCC(=O)N(C1CCCCC1)C1CC1. The topological polar surface area (TPSA) is 49.4 Å². The average Bonchev–Trinajstić information content (AvgIpc) is 3.28. The van der Waals surface area contributed by atoms with Gasteiger partial charge in [0, 0.05) is 30.5 Å². The van der Waals surface area contributed by atoms with E-state index < -0.39 is 0 Å². The number of amides is 2. The predicted octanol–water partition coefficient (Wildman–Crippen LogP) is 3.25. The summed E-state index contributed by atoms with van der Waals surface area (Å²) < 4.78 is 0. The highest BCUT2D eigenvalue weighted by Crippen LogP contribution is 2.34. The van der Waals surface area contributed by atoms with Crippen LogP contribution < -0.4 is 5.32 Å². The highest BCUT2D eigenvalue weighted by molar-refractivity contribution is 5.81. The van der Waals surface area contributed by atoms with E-state index >= 15 is 0 Å². The van der Waals surface area contributed by atoms with Crippen LogP contribution in [0.5, 0.6) is 0 Å². The van der Waals surface area contributed by atoms with Crippen LogP contribution >= 0.6 is 0 Å². The zero-order valence-corrected chi connectivity index (χ0v) is 14.5. The fourth-order valence-electron chi connectivity index (χ4n) is 3.25. The third-order valence-corrected chi connectivity index (χ3v) is 4.73. The highest BCUT2D eigenvalue weighted by Gasteiger charge is 2.37. The van der Waals surface area contributed by atoms with E-state index in [9.17, 15) is 9.59 Å². The van der Waals surface area contributed by atoms with Gasteiger partial charge in [-0.05, 0) is 32.1 Å². The van der Waals surface area contributed by atoms with Crippen LogP contribution in [-0.4, -0.2) is 35.3 Å². The second-order valence-electron chi connectivity index (χ2n) is 7.93. The first-order valence-corrected chi connectivity index (χ1v) is 8.99. The van der Waals surface area contributed by atoms with Crippen LogP contribution in [0.2, 0.25) is 0 Å². The molecular formula is C18H32N2O2. The van der Waals surface area contributed by atoms with Crippen molar-refractivity contribution in [2.45, 2.75) is 90.6 Å². The molecular weight excluding hydrogens is 276 g/mol. The Labute approximate surface area is 135 Å². The molecule has 22 heavy (non-hydrogen) atoms. The maximum atomic E-state index is 12.6. The number of hydrogen-bond donors (Lipinski definition) is 1. The maximum Gasteiger partial charge on any atom is 0.225 e. The summed E-state index contributed by atoms with van der Waals surface area (Å²) in [7, 11) is 0. The van der Waals surface area contributed by atoms with E-state index in [1.807, 2.05) is 20.8 Å². The normalized spacial score (nSPS) is 19.8. The first-order chi connectivity index (χ1) is 10.4. The lowest BCUT2D eigenvalue weighted by Crippen LogP contribution is -2.43. The summed E-state index contributed by atoms with van der Waals surface area (Å²) in [6, 6.07) is 0.998. The minimum Gasteiger partial charge on any atom is -0.356 e. The molecule has 2 fully saturated rings. The van der Waals surface area contributed by atoms with Crippen molar-refractivity contribution in [3.63, 3.8) is 0 Å². The molecule has 1 N–H and O–H groups in total. The van der Waals surface area contributed by atoms with Crippen molar-refractivity contribution < 1.29 is 9.59 Å². The maximum absolute atomic E-state index is 12.6. The molecule has 4 nitrogen and oxygen atoms in total. The molecule has 0 atom stereocenters. The van der Waals surface area contributed by atoms with E-state index in [1.54, 1.807) is 0 Å². The average molecular weight is 308 g/mol. The molecule has 0 radical (unpaired) electrons. The Balaban J connectivity index is 1.73. The number of nitrogens with one attached hydrogen (secondary N) is 1. The Hall–Kier alpha value is -1.06. The first kappa shape index (κ1) is 17.3. The van der Waals surface area contributed by atoms with Crippen molar-refractivity contribution in [1.29, 1.82) is 0 Å². The van der Waals surface area contributed by atoms with Crippen LogP contribution in [0.4, 0.5) is 0 Å². The molecule has 0 saturated heterocycles. The molecule has 4 heteroatoms. The van der Waals surface area contributed by atoms with Crippen molar-refractivity contribution >= 4 is 11.8 Å². The molecule has 0 heterocycles. The lowest BCUT2D eigenvalue weighted by Gasteiger charge is -2.34. The second kappa shape index (κ2) is 7.47. The zero-order chi connectivity index (χ0) is 16.2. The first-order valence-electron chi connectivity index (χ1n) is 8.99. The van der Waals surface area contributed by atoms with Gasteiger partial charge in [0.25, 0.3) is 0 Å². The van der Waals surface area contributed by atoms with E-state index in [4.69, 9.17) is 0 Å². The number of rotatable bonds is 6. The lowest BCUT2D eigenvalue weighted by molar-refractivity contribution is -0.135. The minimum atomic E-state index is -0.355. The highest BCUT2D eigenvalue weighted by atomic mass is 16.2. The van der Waals surface area contributed by atoms with Crippen LogP contribution in [-0.2, 0) is 9.59 Å². The van der Waals surface area contributed by atoms with Crippen molar-refractivity contribution in [3.8, 4) is 0 Å². The Morgan fingerprint density at radius 1 is 1.00 bits per heavy atom. The number of carbonyl (C=O) groups is 2. The number of carbonyl (C=O) groups excluding carboxylic acids is 2. The summed E-state index contributed by atoms with van der Waals surface area (Å²) in [6.07, 6.45) is 9.90. The summed E-state index contributed by atoms with van der Waals surface area (Å²) in [5.41, 5.74) is -0.355. The summed E-state index contributed by atoms with van der Waals surface area (Å²) in [5.74, 6) is 0.366. The van der Waals surface area contributed by atoms with Crippen molar-refractivity contribution in [2.75, 3.05) is 6.54 Å². The fourth-order valence-corrected chi connectivity index (χ4v) is 3.25. The molecule has 0 bridgehead atoms. The van der Waals surface area contributed by atoms with Gasteiger partial charge in [0.05, 0.1) is 0 Å². The zero-order valence-electron chi connectivity index (χ0n) is 14.5. The van der Waals surface area contributed by atoms with Crippen molar-refractivity contribution in [3.05, 3.63) is 0 Å². The van der Waals surface area contributed by atoms with Crippen molar-refractivity contribution in [2.24, 2.45) is 5.41 Å². The summed E-state index contributed by atoms with van der Waals surface area (Å²) in [4.78, 5) is 26.6. The molecule has 2 rings (SSSR count). The number of hydrogen-bond acceptors (Lipinski definition) is 2. The van der Waals surface area contributed by atoms with Crippen molar-refractivity contribution in [1.82, 2.24) is 10.2 Å². The van der Waals surface area contributed by atoms with E-state index in [0.29, 0.717) is 31.0 Å². The smallest absolute Gasteiger partial charge is 0.225 e. The van der Waals surface area contributed by atoms with Gasteiger partial charge in [-0.15, -0.1) is 0 Å². The predicted molar refractivity (Wildman–Crippen MR) is 88.4 cm³/mol. The van der Waals surface area contributed by atoms with Gasteiger partial charge in [0.2, 0.25) is 11.8 Å². The van der Waals surface area contributed by atoms with Gasteiger partial charge in [0.1, 0.15) is 0 Å². The van der Waals surface area contributed by atoms with Crippen LogP contribution in [0.15, 0.2) is 0 Å². The standard InChI is InChI=1S/C18H32N2O2/c1-18(2,3)17(22)19-13-7-10-16(21)20(15-11-12-15)14-8-5-4-6-9-14/h14-15H,4-13H2,1-3H3,(H,19,22). The fraction of sp³-hybridized carbons (Fsp3) is 0.889. The quantitative estimate of drug-likeness (QED) is 0.766. The molecule has 0 aliphatic heterocycles. The molecule has 126 valence electrons. The van der Waals surface area contributed by atoms with Gasteiger partial charge < -0.3 is 10.2 Å².